The van der Waals surface area contributed by atoms with Crippen molar-refractivity contribution in [3.63, 3.8) is 0 Å². The third-order valence-corrected chi connectivity index (χ3v) is 8.18. The van der Waals surface area contributed by atoms with Gasteiger partial charge in [-0.15, -0.1) is 0 Å². The average molecular weight is 584 g/mol. The zero-order valence-corrected chi connectivity index (χ0v) is 25.3. The number of carbonyl (C=O) groups is 2. The highest BCUT2D eigenvalue weighted by Crippen LogP contribution is 2.47. The monoisotopic (exact) mass is 583 g/mol. The number of nitrogens with zero attached hydrogens (tertiary/aromatic N) is 5. The van der Waals surface area contributed by atoms with Crippen molar-refractivity contribution in [2.24, 2.45) is 5.92 Å². The van der Waals surface area contributed by atoms with Crippen molar-refractivity contribution >= 4 is 11.9 Å². The first-order valence-electron chi connectivity index (χ1n) is 14.9. The Morgan fingerprint density at radius 3 is 2.52 bits per heavy atom. The minimum absolute atomic E-state index is 0.0438. The molecule has 3 heterocycles. The Bertz CT molecular complexity index is 1180. The molecule has 4 rings (SSSR count). The molecule has 0 radical (unpaired) electrons. The number of amides is 1. The molecule has 42 heavy (non-hydrogen) atoms. The van der Waals surface area contributed by atoms with E-state index in [0.29, 0.717) is 55.5 Å². The topological polar surface area (TPSA) is 118 Å². The Labute approximate surface area is 248 Å². The van der Waals surface area contributed by atoms with E-state index in [1.165, 1.54) is 0 Å². The predicted octanol–water partition coefficient (Wildman–Crippen LogP) is 3.29. The van der Waals surface area contributed by atoms with Crippen LogP contribution in [-0.4, -0.2) is 108 Å². The predicted molar refractivity (Wildman–Crippen MR) is 158 cm³/mol. The van der Waals surface area contributed by atoms with Crippen LogP contribution in [0.3, 0.4) is 0 Å². The molecule has 0 spiro atoms. The number of ether oxygens (including phenoxy) is 3. The Morgan fingerprint density at radius 1 is 1.10 bits per heavy atom. The lowest BCUT2D eigenvalue weighted by molar-refractivity contribution is -0.143. The largest absolute Gasteiger partial charge is 0.493 e. The van der Waals surface area contributed by atoms with Crippen LogP contribution in [0.15, 0.2) is 30.6 Å². The summed E-state index contributed by atoms with van der Waals surface area (Å²) in [4.78, 5) is 41.5. The summed E-state index contributed by atoms with van der Waals surface area (Å²) in [5.74, 6) is 0.278. The van der Waals surface area contributed by atoms with Crippen molar-refractivity contribution in [1.29, 1.82) is 0 Å². The van der Waals surface area contributed by atoms with Gasteiger partial charge < -0.3 is 29.1 Å². The summed E-state index contributed by atoms with van der Waals surface area (Å²) in [6.07, 6.45) is 8.30. The molecule has 2 aliphatic heterocycles. The van der Waals surface area contributed by atoms with Crippen LogP contribution in [0.5, 0.6) is 17.2 Å². The first kappa shape index (κ1) is 31.5. The maximum absolute atomic E-state index is 13.8. The fourth-order valence-corrected chi connectivity index (χ4v) is 6.00. The number of aliphatic carboxylic acids is 1. The Balaban J connectivity index is 1.59. The van der Waals surface area contributed by atoms with Gasteiger partial charge in [0.2, 0.25) is 18.4 Å². The molecule has 1 aromatic heterocycles. The van der Waals surface area contributed by atoms with E-state index in [2.05, 4.69) is 40.8 Å². The highest BCUT2D eigenvalue weighted by molar-refractivity contribution is 5.79. The summed E-state index contributed by atoms with van der Waals surface area (Å²) < 4.78 is 16.8. The minimum Gasteiger partial charge on any atom is -0.493 e. The summed E-state index contributed by atoms with van der Waals surface area (Å²) in [6.45, 7) is 5.19. The number of likely N-dealkylation sites (tertiary alicyclic amines) is 1. The van der Waals surface area contributed by atoms with Gasteiger partial charge in [0.25, 0.3) is 0 Å². The molecule has 2 aliphatic rings. The Morgan fingerprint density at radius 2 is 1.83 bits per heavy atom. The number of hydrogen-bond acceptors (Lipinski definition) is 9. The van der Waals surface area contributed by atoms with Crippen LogP contribution < -0.4 is 14.2 Å². The fraction of sp³-hybridized carbons (Fsp3) is 0.613. The van der Waals surface area contributed by atoms with Gasteiger partial charge in [-0.2, -0.15) is 0 Å². The molecule has 0 unspecified atom stereocenters. The van der Waals surface area contributed by atoms with E-state index in [9.17, 15) is 14.7 Å². The standard InChI is InChI=1S/C31H45N5O6/c1-5-6-15-35(16-8-7-14-34(2)3)28(37)20-36-19-23(22-17-25(40-4)30-26(18-22)41-21-42-30)29(31(38)39)24(36)10-11-27-32-12-9-13-33-27/h9,12-13,17-18,23-24,29H,5-8,10-11,14-16,19-21H2,1-4H3,(H,38,39)/t23-,24+,29-/m1/s1. The zero-order valence-electron chi connectivity index (χ0n) is 25.3. The first-order valence-corrected chi connectivity index (χ1v) is 14.9. The molecule has 1 N–H and O–H groups in total. The lowest BCUT2D eigenvalue weighted by atomic mass is 9.83. The van der Waals surface area contributed by atoms with E-state index in [1.807, 2.05) is 17.0 Å². The molecular weight excluding hydrogens is 538 g/mol. The second kappa shape index (κ2) is 15.2. The molecule has 2 aromatic rings. The average Bonchev–Trinajstić information content (AvgIpc) is 3.60. The third kappa shape index (κ3) is 7.89. The number of hydrogen-bond donors (Lipinski definition) is 1. The van der Waals surface area contributed by atoms with E-state index in [4.69, 9.17) is 14.2 Å². The molecule has 1 aromatic carbocycles. The lowest BCUT2D eigenvalue weighted by Gasteiger charge is -2.30. The maximum atomic E-state index is 13.8. The van der Waals surface area contributed by atoms with E-state index in [1.54, 1.807) is 25.6 Å². The van der Waals surface area contributed by atoms with Crippen molar-refractivity contribution in [1.82, 2.24) is 24.7 Å². The molecule has 0 aliphatic carbocycles. The number of methoxy groups -OCH3 is 1. The van der Waals surface area contributed by atoms with Gasteiger partial charge in [-0.1, -0.05) is 13.3 Å². The van der Waals surface area contributed by atoms with E-state index < -0.39 is 11.9 Å². The summed E-state index contributed by atoms with van der Waals surface area (Å²) in [5, 5.41) is 10.6. The molecule has 0 bridgehead atoms. The highest BCUT2D eigenvalue weighted by atomic mass is 16.7. The van der Waals surface area contributed by atoms with Gasteiger partial charge in [-0.25, -0.2) is 9.97 Å². The number of fused-ring (bicyclic) bond motifs is 1. The van der Waals surface area contributed by atoms with Crippen LogP contribution in [0.25, 0.3) is 0 Å². The molecule has 1 saturated heterocycles. The number of carbonyl (C=O) groups excluding carboxylic acids is 1. The Kier molecular flexibility index (Phi) is 11.4. The molecular formula is C31H45N5O6. The maximum Gasteiger partial charge on any atom is 0.308 e. The number of rotatable bonds is 16. The lowest BCUT2D eigenvalue weighted by Crippen LogP contribution is -2.45. The number of benzene rings is 1. The SMILES string of the molecule is CCCCN(CCCCN(C)C)C(=O)CN1C[C@H](c2cc(OC)c3c(c2)OCO3)[C@@H](C(=O)O)[C@@H]1CCc1ncccn1. The smallest absolute Gasteiger partial charge is 0.308 e. The van der Waals surface area contributed by atoms with Gasteiger partial charge in [0.1, 0.15) is 5.82 Å². The van der Waals surface area contributed by atoms with Gasteiger partial charge in [0.15, 0.2) is 11.5 Å². The Hall–Kier alpha value is -3.44. The van der Waals surface area contributed by atoms with Gasteiger partial charge in [-0.05, 0) is 70.1 Å². The molecule has 230 valence electrons. The number of unbranched alkanes of at least 4 members (excludes halogenated alkanes) is 2. The van der Waals surface area contributed by atoms with Crippen molar-refractivity contribution < 1.29 is 28.9 Å². The highest BCUT2D eigenvalue weighted by Gasteiger charge is 2.47. The van der Waals surface area contributed by atoms with Crippen LogP contribution in [0.2, 0.25) is 0 Å². The van der Waals surface area contributed by atoms with Gasteiger partial charge in [0, 0.05) is 50.4 Å². The normalized spacial score (nSPS) is 19.8. The molecule has 11 heteroatoms. The number of carboxylic acid groups (broad SMARTS) is 1. The summed E-state index contributed by atoms with van der Waals surface area (Å²) in [6, 6.07) is 5.08. The van der Waals surface area contributed by atoms with Gasteiger partial charge in [-0.3, -0.25) is 14.5 Å². The van der Waals surface area contributed by atoms with Crippen molar-refractivity contribution in [2.45, 2.75) is 57.4 Å². The quantitative estimate of drug-likeness (QED) is 0.295. The third-order valence-electron chi connectivity index (χ3n) is 8.18. The van der Waals surface area contributed by atoms with Crippen molar-refractivity contribution in [2.75, 3.05) is 60.7 Å². The van der Waals surface area contributed by atoms with Crippen molar-refractivity contribution in [3.05, 3.63) is 42.0 Å². The molecule has 1 fully saturated rings. The molecule has 3 atom stereocenters. The van der Waals surface area contributed by atoms with Crippen LogP contribution in [-0.2, 0) is 16.0 Å². The number of aryl methyl sites for hydroxylation is 1. The number of aromatic nitrogens is 2. The van der Waals surface area contributed by atoms with Gasteiger partial charge >= 0.3 is 5.97 Å². The van der Waals surface area contributed by atoms with E-state index >= 15 is 0 Å². The summed E-state index contributed by atoms with van der Waals surface area (Å²) in [7, 11) is 5.67. The van der Waals surface area contributed by atoms with Gasteiger partial charge in [0.05, 0.1) is 19.6 Å². The zero-order chi connectivity index (χ0) is 30.1. The summed E-state index contributed by atoms with van der Waals surface area (Å²) >= 11 is 0. The molecule has 1 amide bonds. The van der Waals surface area contributed by atoms with Crippen molar-refractivity contribution in [3.8, 4) is 17.2 Å². The van der Waals surface area contributed by atoms with Crippen LogP contribution >= 0.6 is 0 Å². The molecule has 0 saturated carbocycles. The first-order chi connectivity index (χ1) is 20.3. The number of carboxylic acids is 1. The second-order valence-corrected chi connectivity index (χ2v) is 11.4. The molecule has 11 nitrogen and oxygen atoms in total. The van der Waals surface area contributed by atoms with Crippen LogP contribution in [0, 0.1) is 5.92 Å². The van der Waals surface area contributed by atoms with Crippen LogP contribution in [0.1, 0.15) is 56.3 Å². The van der Waals surface area contributed by atoms with Crippen LogP contribution in [0.4, 0.5) is 0 Å². The minimum atomic E-state index is -0.892. The van der Waals surface area contributed by atoms with E-state index in [0.717, 1.165) is 37.8 Å². The summed E-state index contributed by atoms with van der Waals surface area (Å²) in [5.41, 5.74) is 0.797. The fourth-order valence-electron chi connectivity index (χ4n) is 6.00. The second-order valence-electron chi connectivity index (χ2n) is 11.4. The van der Waals surface area contributed by atoms with E-state index in [-0.39, 0.29) is 31.2 Å².